The molecule has 0 saturated carbocycles. The minimum Gasteiger partial charge on any atom is -0.508 e. The number of ketones is 1. The van der Waals surface area contributed by atoms with Crippen LogP contribution in [0.2, 0.25) is 0 Å². The van der Waals surface area contributed by atoms with Crippen molar-refractivity contribution >= 4 is 17.4 Å². The minimum atomic E-state index is -0.800. The summed E-state index contributed by atoms with van der Waals surface area (Å²) < 4.78 is 5.87. The lowest BCUT2D eigenvalue weighted by atomic mass is 9.95. The number of nitrogens with zero attached hydrogens (tertiary/aromatic N) is 1. The minimum absolute atomic E-state index is 0.0228. The van der Waals surface area contributed by atoms with Gasteiger partial charge in [-0.25, -0.2) is 0 Å². The van der Waals surface area contributed by atoms with Crippen molar-refractivity contribution in [3.05, 3.63) is 101 Å². The van der Waals surface area contributed by atoms with Crippen molar-refractivity contribution in [1.82, 2.24) is 4.90 Å². The molecule has 0 spiro atoms. The highest BCUT2D eigenvalue weighted by atomic mass is 16.5. The molecule has 0 radical (unpaired) electrons. The van der Waals surface area contributed by atoms with Gasteiger partial charge in [0.1, 0.15) is 22.9 Å². The zero-order valence-electron chi connectivity index (χ0n) is 19.4. The maximum Gasteiger partial charge on any atom is 0.295 e. The third-order valence-electron chi connectivity index (χ3n) is 5.50. The van der Waals surface area contributed by atoms with Crippen molar-refractivity contribution in [3.63, 3.8) is 0 Å². The number of benzene rings is 3. The van der Waals surface area contributed by atoms with Crippen LogP contribution in [0.1, 0.15) is 43.5 Å². The Bertz CT molecular complexity index is 1220. The molecule has 3 aromatic rings. The number of aliphatic hydroxyl groups is 1. The molecule has 3 aromatic carbocycles. The smallest absolute Gasteiger partial charge is 0.295 e. The summed E-state index contributed by atoms with van der Waals surface area (Å²) in [6.07, 6.45) is 0. The quantitative estimate of drug-likeness (QED) is 0.313. The van der Waals surface area contributed by atoms with Crippen LogP contribution in [0.15, 0.2) is 84.4 Å². The third kappa shape index (κ3) is 4.81. The molecule has 1 fully saturated rings. The number of ether oxygens (including phenoxy) is 1. The fourth-order valence-electron chi connectivity index (χ4n) is 4.01. The van der Waals surface area contributed by atoms with Gasteiger partial charge in [-0.15, -0.1) is 0 Å². The largest absolute Gasteiger partial charge is 0.508 e. The molecule has 1 aliphatic heterocycles. The molecule has 1 unspecified atom stereocenters. The molecule has 6 heteroatoms. The standard InChI is InChI=1S/C28H27NO5/c1-28(2,3)34-22-15-9-18(10-16-22)17-29-24(19-11-13-21(30)14-12-19)23(26(32)27(29)33)25(31)20-7-5-4-6-8-20/h4-16,24,30-31H,17H2,1-3H3/b25-23-. The Kier molecular flexibility index (Phi) is 6.16. The zero-order chi connectivity index (χ0) is 24.5. The van der Waals surface area contributed by atoms with Crippen molar-refractivity contribution in [2.45, 2.75) is 39.0 Å². The zero-order valence-corrected chi connectivity index (χ0v) is 19.4. The SMILES string of the molecule is CC(C)(C)Oc1ccc(CN2C(=O)C(=O)/C(=C(\O)c3ccccc3)C2c2ccc(O)cc2)cc1. The summed E-state index contributed by atoms with van der Waals surface area (Å²) in [7, 11) is 0. The lowest BCUT2D eigenvalue weighted by molar-refractivity contribution is -0.140. The van der Waals surface area contributed by atoms with E-state index in [-0.39, 0.29) is 29.2 Å². The second-order valence-electron chi connectivity index (χ2n) is 9.24. The molecule has 1 atom stereocenters. The number of phenolic OH excluding ortho intramolecular Hbond substituents is 1. The first-order valence-electron chi connectivity index (χ1n) is 11.0. The average molecular weight is 458 g/mol. The summed E-state index contributed by atoms with van der Waals surface area (Å²) in [4.78, 5) is 27.7. The van der Waals surface area contributed by atoms with E-state index in [2.05, 4.69) is 0 Å². The number of carbonyl (C=O) groups is 2. The molecule has 0 aromatic heterocycles. The molecule has 1 heterocycles. The summed E-state index contributed by atoms with van der Waals surface area (Å²) in [5.41, 5.74) is 1.56. The summed E-state index contributed by atoms with van der Waals surface area (Å²) in [5, 5.41) is 20.8. The van der Waals surface area contributed by atoms with Gasteiger partial charge in [0.15, 0.2) is 0 Å². The monoisotopic (exact) mass is 457 g/mol. The average Bonchev–Trinajstić information content (AvgIpc) is 3.05. The molecular weight excluding hydrogens is 430 g/mol. The number of Topliss-reactive ketones (excluding diaryl/α,β-unsaturated/α-hetero) is 1. The summed E-state index contributed by atoms with van der Waals surface area (Å²) >= 11 is 0. The molecule has 6 nitrogen and oxygen atoms in total. The van der Waals surface area contributed by atoms with Crippen LogP contribution in [0.5, 0.6) is 11.5 Å². The summed E-state index contributed by atoms with van der Waals surface area (Å²) in [6, 6.07) is 21.5. The Morgan fingerprint density at radius 2 is 1.53 bits per heavy atom. The maximum atomic E-state index is 13.1. The highest BCUT2D eigenvalue weighted by Crippen LogP contribution is 2.40. The Morgan fingerprint density at radius 1 is 0.912 bits per heavy atom. The van der Waals surface area contributed by atoms with Crippen molar-refractivity contribution in [1.29, 1.82) is 0 Å². The molecule has 0 aliphatic carbocycles. The van der Waals surface area contributed by atoms with Gasteiger partial charge in [-0.2, -0.15) is 0 Å². The van der Waals surface area contributed by atoms with E-state index in [0.29, 0.717) is 16.9 Å². The number of rotatable bonds is 5. The van der Waals surface area contributed by atoms with Crippen LogP contribution in [-0.2, 0) is 16.1 Å². The van der Waals surface area contributed by atoms with Crippen LogP contribution in [0.3, 0.4) is 0 Å². The Labute approximate surface area is 198 Å². The van der Waals surface area contributed by atoms with Gasteiger partial charge in [-0.1, -0.05) is 54.6 Å². The summed E-state index contributed by atoms with van der Waals surface area (Å²) in [6.45, 7) is 6.05. The van der Waals surface area contributed by atoms with E-state index in [0.717, 1.165) is 5.56 Å². The van der Waals surface area contributed by atoms with Crippen LogP contribution < -0.4 is 4.74 Å². The first-order chi connectivity index (χ1) is 16.1. The number of aliphatic hydroxyl groups excluding tert-OH is 1. The van der Waals surface area contributed by atoms with E-state index in [1.54, 1.807) is 42.5 Å². The van der Waals surface area contributed by atoms with Crippen molar-refractivity contribution in [2.24, 2.45) is 0 Å². The first-order valence-corrected chi connectivity index (χ1v) is 11.0. The molecule has 4 rings (SSSR count). The number of aromatic hydroxyl groups is 1. The normalized spacial score (nSPS) is 17.7. The van der Waals surface area contributed by atoms with E-state index in [1.807, 2.05) is 45.0 Å². The molecule has 1 amide bonds. The lowest BCUT2D eigenvalue weighted by Crippen LogP contribution is -2.29. The number of hydrogen-bond donors (Lipinski definition) is 2. The molecule has 174 valence electrons. The van der Waals surface area contributed by atoms with Gasteiger partial charge in [0.25, 0.3) is 11.7 Å². The number of amides is 1. The molecule has 1 saturated heterocycles. The van der Waals surface area contributed by atoms with E-state index in [1.165, 1.54) is 17.0 Å². The van der Waals surface area contributed by atoms with Crippen molar-refractivity contribution in [3.8, 4) is 11.5 Å². The van der Waals surface area contributed by atoms with Gasteiger partial charge >= 0.3 is 0 Å². The van der Waals surface area contributed by atoms with E-state index in [4.69, 9.17) is 4.74 Å². The van der Waals surface area contributed by atoms with Gasteiger partial charge in [-0.3, -0.25) is 9.59 Å². The van der Waals surface area contributed by atoms with Gasteiger partial charge < -0.3 is 19.8 Å². The fourth-order valence-corrected chi connectivity index (χ4v) is 4.01. The maximum absolute atomic E-state index is 13.1. The van der Waals surface area contributed by atoms with Crippen LogP contribution in [0, 0.1) is 0 Å². The molecule has 0 bridgehead atoms. The fraction of sp³-hybridized carbons (Fsp3) is 0.214. The van der Waals surface area contributed by atoms with Crippen molar-refractivity contribution in [2.75, 3.05) is 0 Å². The van der Waals surface area contributed by atoms with E-state index < -0.39 is 17.7 Å². The molecule has 1 aliphatic rings. The Morgan fingerprint density at radius 3 is 2.12 bits per heavy atom. The van der Waals surface area contributed by atoms with Crippen LogP contribution in [-0.4, -0.2) is 32.4 Å². The topological polar surface area (TPSA) is 87.1 Å². The number of carbonyl (C=O) groups excluding carboxylic acids is 2. The second kappa shape index (κ2) is 9.06. The third-order valence-corrected chi connectivity index (χ3v) is 5.50. The number of likely N-dealkylation sites (tertiary alicyclic amines) is 1. The first kappa shape index (κ1) is 23.1. The summed E-state index contributed by atoms with van der Waals surface area (Å²) in [5.74, 6) is -0.887. The van der Waals surface area contributed by atoms with Crippen LogP contribution in [0.25, 0.3) is 5.76 Å². The predicted octanol–water partition coefficient (Wildman–Crippen LogP) is 5.19. The number of hydrogen-bond acceptors (Lipinski definition) is 5. The number of phenols is 1. The Hall–Kier alpha value is -4.06. The molecule has 34 heavy (non-hydrogen) atoms. The van der Waals surface area contributed by atoms with Gasteiger partial charge in [0.2, 0.25) is 0 Å². The lowest BCUT2D eigenvalue weighted by Gasteiger charge is -2.26. The molecule has 2 N–H and O–H groups in total. The van der Waals surface area contributed by atoms with Crippen molar-refractivity contribution < 1.29 is 24.5 Å². The van der Waals surface area contributed by atoms with E-state index >= 15 is 0 Å². The van der Waals surface area contributed by atoms with Crippen LogP contribution in [0.4, 0.5) is 0 Å². The van der Waals surface area contributed by atoms with Gasteiger partial charge in [-0.05, 0) is 56.2 Å². The van der Waals surface area contributed by atoms with Crippen LogP contribution >= 0.6 is 0 Å². The van der Waals surface area contributed by atoms with E-state index in [9.17, 15) is 19.8 Å². The predicted molar refractivity (Wildman–Crippen MR) is 129 cm³/mol. The second-order valence-corrected chi connectivity index (χ2v) is 9.24. The van der Waals surface area contributed by atoms with Gasteiger partial charge in [0, 0.05) is 12.1 Å². The van der Waals surface area contributed by atoms with Gasteiger partial charge in [0.05, 0.1) is 11.6 Å². The highest BCUT2D eigenvalue weighted by molar-refractivity contribution is 6.46. The molecular formula is C28H27NO5. The Balaban J connectivity index is 1.74. The highest BCUT2D eigenvalue weighted by Gasteiger charge is 2.46.